The van der Waals surface area contributed by atoms with Gasteiger partial charge < -0.3 is 36.0 Å². The van der Waals surface area contributed by atoms with Gasteiger partial charge in [0, 0.05) is 50.6 Å². The van der Waals surface area contributed by atoms with Gasteiger partial charge in [0.1, 0.15) is 6.04 Å². The number of nitrogen functional groups attached to an aromatic ring is 1. The highest BCUT2D eigenvalue weighted by Gasteiger charge is 2.38. The molecule has 0 saturated carbocycles. The number of benzene rings is 1. The number of halogens is 4. The van der Waals surface area contributed by atoms with Gasteiger partial charge in [-0.3, -0.25) is 4.79 Å². The standard InChI is InChI=1S/C34H45ClF3N7O3S/c1-42-9-2-22(3-10-42)23-4-11-43(12-5-23)31(46)28(18-21-16-26(34(36,37)38)30(39)27(35)17-21)40-32(47)44-13-7-25(8-14-44)45-15-6-24-19-49-20-29(24)41-33(45)48/h16-17,19-20,22-23,25,28H,2-15,18,39H2,1H3,(H,40,47)(H,41,48)/t28-/m1/s1. The zero-order chi connectivity index (χ0) is 34.9. The van der Waals surface area contributed by atoms with Crippen LogP contribution in [0.25, 0.3) is 0 Å². The van der Waals surface area contributed by atoms with Gasteiger partial charge in [0.25, 0.3) is 0 Å². The van der Waals surface area contributed by atoms with Crippen molar-refractivity contribution in [3.8, 4) is 0 Å². The second-order valence-corrected chi connectivity index (χ2v) is 15.1. The van der Waals surface area contributed by atoms with Crippen molar-refractivity contribution in [3.63, 3.8) is 0 Å². The Labute approximate surface area is 294 Å². The first-order chi connectivity index (χ1) is 23.4. The number of alkyl halides is 3. The van der Waals surface area contributed by atoms with Crippen LogP contribution in [0.1, 0.15) is 55.2 Å². The Hall–Kier alpha value is -3.23. The Morgan fingerprint density at radius 1 is 0.980 bits per heavy atom. The molecule has 0 spiro atoms. The molecule has 1 aromatic carbocycles. The van der Waals surface area contributed by atoms with E-state index >= 15 is 0 Å². The molecule has 2 aromatic rings. The highest BCUT2D eigenvalue weighted by Crippen LogP contribution is 2.38. The van der Waals surface area contributed by atoms with Gasteiger partial charge in [-0.1, -0.05) is 11.6 Å². The minimum Gasteiger partial charge on any atom is -0.397 e. The number of hydrogen-bond donors (Lipinski definition) is 3. The van der Waals surface area contributed by atoms with E-state index < -0.39 is 29.5 Å². The molecule has 5 amide bonds. The average Bonchev–Trinajstić information content (AvgIpc) is 3.45. The van der Waals surface area contributed by atoms with E-state index in [1.165, 1.54) is 6.07 Å². The zero-order valence-electron chi connectivity index (χ0n) is 27.7. The van der Waals surface area contributed by atoms with E-state index in [0.717, 1.165) is 62.5 Å². The fourth-order valence-electron chi connectivity index (χ4n) is 7.90. The van der Waals surface area contributed by atoms with E-state index in [-0.39, 0.29) is 35.0 Å². The van der Waals surface area contributed by atoms with Crippen molar-refractivity contribution >= 4 is 52.3 Å². The largest absolute Gasteiger partial charge is 0.418 e. The van der Waals surface area contributed by atoms with Gasteiger partial charge in [0.05, 0.1) is 22.0 Å². The summed E-state index contributed by atoms with van der Waals surface area (Å²) in [5.74, 6) is 0.827. The van der Waals surface area contributed by atoms with Crippen molar-refractivity contribution in [2.24, 2.45) is 11.8 Å². The maximum absolute atomic E-state index is 14.0. The Bertz CT molecular complexity index is 1520. The highest BCUT2D eigenvalue weighted by atomic mass is 35.5. The molecule has 268 valence electrons. The predicted octanol–water partition coefficient (Wildman–Crippen LogP) is 5.76. The van der Waals surface area contributed by atoms with Gasteiger partial charge in [-0.05, 0) is 106 Å². The summed E-state index contributed by atoms with van der Waals surface area (Å²) in [6.07, 6.45) is 0.985. The number of thiophene rings is 1. The molecule has 4 aliphatic rings. The number of piperidine rings is 3. The van der Waals surface area contributed by atoms with Crippen molar-refractivity contribution in [2.75, 3.05) is 63.9 Å². The summed E-state index contributed by atoms with van der Waals surface area (Å²) in [5.41, 5.74) is 6.15. The van der Waals surface area contributed by atoms with Gasteiger partial charge in [0.15, 0.2) is 0 Å². The van der Waals surface area contributed by atoms with Crippen molar-refractivity contribution in [1.29, 1.82) is 0 Å². The van der Waals surface area contributed by atoms with Crippen LogP contribution in [-0.4, -0.2) is 103 Å². The van der Waals surface area contributed by atoms with Gasteiger partial charge in [0.2, 0.25) is 5.91 Å². The molecule has 1 atom stereocenters. The molecule has 0 unspecified atom stereocenters. The summed E-state index contributed by atoms with van der Waals surface area (Å²) in [4.78, 5) is 48.2. The average molecular weight is 724 g/mol. The Morgan fingerprint density at radius 2 is 1.61 bits per heavy atom. The molecule has 4 aliphatic heterocycles. The van der Waals surface area contributed by atoms with Crippen LogP contribution in [0.4, 0.5) is 34.1 Å². The number of likely N-dealkylation sites (tertiary alicyclic amines) is 3. The number of carbonyl (C=O) groups is 3. The number of rotatable bonds is 6. The number of nitrogens with zero attached hydrogens (tertiary/aromatic N) is 4. The number of amides is 5. The van der Waals surface area contributed by atoms with E-state index in [1.807, 2.05) is 15.7 Å². The lowest BCUT2D eigenvalue weighted by molar-refractivity contribution is -0.137. The van der Waals surface area contributed by atoms with Crippen molar-refractivity contribution in [1.82, 2.24) is 24.9 Å². The monoisotopic (exact) mass is 723 g/mol. The van der Waals surface area contributed by atoms with Crippen LogP contribution in [0.2, 0.25) is 5.02 Å². The molecule has 6 rings (SSSR count). The third-order valence-electron chi connectivity index (χ3n) is 10.9. The number of anilines is 2. The van der Waals surface area contributed by atoms with Crippen LogP contribution in [0.15, 0.2) is 22.9 Å². The number of urea groups is 2. The van der Waals surface area contributed by atoms with E-state index in [9.17, 15) is 27.6 Å². The minimum atomic E-state index is -4.73. The second kappa shape index (κ2) is 14.9. The van der Waals surface area contributed by atoms with Crippen LogP contribution in [0, 0.1) is 11.8 Å². The molecule has 15 heteroatoms. The van der Waals surface area contributed by atoms with Crippen LogP contribution < -0.4 is 16.4 Å². The number of nitrogens with one attached hydrogen (secondary N) is 2. The number of nitrogens with two attached hydrogens (primary N) is 1. The Morgan fingerprint density at radius 3 is 2.27 bits per heavy atom. The van der Waals surface area contributed by atoms with Gasteiger partial charge in [-0.2, -0.15) is 13.2 Å². The molecule has 0 radical (unpaired) electrons. The van der Waals surface area contributed by atoms with E-state index in [2.05, 4.69) is 22.6 Å². The smallest absolute Gasteiger partial charge is 0.397 e. The number of carbonyl (C=O) groups excluding carboxylic acids is 3. The summed E-state index contributed by atoms with van der Waals surface area (Å²) >= 11 is 7.69. The molecule has 1 aromatic heterocycles. The first-order valence-electron chi connectivity index (χ1n) is 17.2. The minimum absolute atomic E-state index is 0.0438. The van der Waals surface area contributed by atoms with E-state index in [4.69, 9.17) is 17.3 Å². The van der Waals surface area contributed by atoms with Crippen LogP contribution in [-0.2, 0) is 23.8 Å². The third-order valence-corrected chi connectivity index (χ3v) is 12.0. The van der Waals surface area contributed by atoms with Gasteiger partial charge in [-0.15, -0.1) is 11.3 Å². The first kappa shape index (κ1) is 35.6. The molecule has 4 N–H and O–H groups in total. The lowest BCUT2D eigenvalue weighted by Gasteiger charge is -2.41. The predicted molar refractivity (Wildman–Crippen MR) is 185 cm³/mol. The molecule has 0 bridgehead atoms. The molecule has 3 fully saturated rings. The molecule has 5 heterocycles. The zero-order valence-corrected chi connectivity index (χ0v) is 29.3. The SMILES string of the molecule is CN1CCC(C2CCN(C(=O)[C@@H](Cc3cc(Cl)c(N)c(C(F)(F)F)c3)NC(=O)N3CCC(N4CCc5cscc5NC4=O)CC3)CC2)CC1. The topological polar surface area (TPSA) is 114 Å². The fraction of sp³-hybridized carbons (Fsp3) is 0.618. The summed E-state index contributed by atoms with van der Waals surface area (Å²) in [6.45, 7) is 4.54. The second-order valence-electron chi connectivity index (χ2n) is 13.9. The molecule has 10 nitrogen and oxygen atoms in total. The number of hydrogen-bond acceptors (Lipinski definition) is 6. The molecular weight excluding hydrogens is 679 g/mol. The maximum Gasteiger partial charge on any atom is 0.418 e. The van der Waals surface area contributed by atoms with Gasteiger partial charge >= 0.3 is 18.2 Å². The van der Waals surface area contributed by atoms with Crippen LogP contribution >= 0.6 is 22.9 Å². The highest BCUT2D eigenvalue weighted by molar-refractivity contribution is 7.08. The number of fused-ring (bicyclic) bond motifs is 1. The van der Waals surface area contributed by atoms with Crippen molar-refractivity contribution in [3.05, 3.63) is 44.6 Å². The summed E-state index contributed by atoms with van der Waals surface area (Å²) in [5, 5.41) is 9.59. The van der Waals surface area contributed by atoms with E-state index in [1.54, 1.807) is 21.1 Å². The van der Waals surface area contributed by atoms with E-state index in [0.29, 0.717) is 57.4 Å². The van der Waals surface area contributed by atoms with Gasteiger partial charge in [-0.25, -0.2) is 9.59 Å². The van der Waals surface area contributed by atoms with Crippen LogP contribution in [0.3, 0.4) is 0 Å². The molecule has 49 heavy (non-hydrogen) atoms. The quantitative estimate of drug-likeness (QED) is 0.328. The first-order valence-corrected chi connectivity index (χ1v) is 18.5. The normalized spacial score (nSPS) is 21.2. The van der Waals surface area contributed by atoms with Crippen molar-refractivity contribution in [2.45, 2.75) is 69.6 Å². The third kappa shape index (κ3) is 8.23. The fourth-order valence-corrected chi connectivity index (χ4v) is 8.96. The van der Waals surface area contributed by atoms with Crippen LogP contribution in [0.5, 0.6) is 0 Å². The lowest BCUT2D eigenvalue weighted by atomic mass is 9.79. The molecule has 3 saturated heterocycles. The summed E-state index contributed by atoms with van der Waals surface area (Å²) in [7, 11) is 2.13. The lowest BCUT2D eigenvalue weighted by Crippen LogP contribution is -2.57. The Kier molecular flexibility index (Phi) is 10.9. The Balaban J connectivity index is 1.12. The summed E-state index contributed by atoms with van der Waals surface area (Å²) < 4.78 is 41.4. The maximum atomic E-state index is 14.0. The summed E-state index contributed by atoms with van der Waals surface area (Å²) in [6, 6.07) is 0.500. The molecular formula is C34H45ClF3N7O3S. The van der Waals surface area contributed by atoms with Crippen molar-refractivity contribution < 1.29 is 27.6 Å². The molecule has 0 aliphatic carbocycles.